The average molecular weight is 282 g/mol. The molecule has 0 spiro atoms. The van der Waals surface area contributed by atoms with Gasteiger partial charge in [0.05, 0.1) is 5.60 Å². The summed E-state index contributed by atoms with van der Waals surface area (Å²) in [6, 6.07) is 1.30. The summed E-state index contributed by atoms with van der Waals surface area (Å²) in [6.45, 7) is 12.1. The lowest BCUT2D eigenvalue weighted by Crippen LogP contribution is -2.60. The Morgan fingerprint density at radius 2 is 1.70 bits per heavy atom. The molecule has 2 N–H and O–H groups in total. The van der Waals surface area contributed by atoms with Gasteiger partial charge >= 0.3 is 0 Å². The molecule has 2 rings (SSSR count). The number of hydrogen-bond donors (Lipinski definition) is 2. The molecule has 0 radical (unpaired) electrons. The molecular formula is C17H34N2O. The molecule has 0 aromatic heterocycles. The fourth-order valence-corrected chi connectivity index (χ4v) is 4.04. The Morgan fingerprint density at radius 1 is 1.15 bits per heavy atom. The SMILES string of the molecule is CCC(O)(CC)CNC1C2CCCC1CN(C(C)C)C2. The first-order valence-electron chi connectivity index (χ1n) is 8.69. The number of likely N-dealkylation sites (tertiary alicyclic amines) is 1. The highest BCUT2D eigenvalue weighted by molar-refractivity contribution is 4.96. The Kier molecular flexibility index (Phi) is 5.49. The number of fused-ring (bicyclic) bond motifs is 2. The van der Waals surface area contributed by atoms with Gasteiger partial charge in [0, 0.05) is 31.7 Å². The molecule has 2 bridgehead atoms. The molecule has 2 fully saturated rings. The summed E-state index contributed by atoms with van der Waals surface area (Å²) < 4.78 is 0. The minimum absolute atomic E-state index is 0.510. The predicted octanol–water partition coefficient (Wildman–Crippen LogP) is 2.64. The van der Waals surface area contributed by atoms with Crippen LogP contribution in [0.3, 0.4) is 0 Å². The summed E-state index contributed by atoms with van der Waals surface area (Å²) in [4.78, 5) is 2.65. The Morgan fingerprint density at radius 3 is 2.15 bits per heavy atom. The molecule has 118 valence electrons. The molecule has 1 saturated carbocycles. The van der Waals surface area contributed by atoms with Crippen molar-refractivity contribution in [2.75, 3.05) is 19.6 Å². The first-order valence-corrected chi connectivity index (χ1v) is 8.69. The van der Waals surface area contributed by atoms with Gasteiger partial charge in [0.25, 0.3) is 0 Å². The number of piperidine rings is 1. The van der Waals surface area contributed by atoms with Gasteiger partial charge in [-0.25, -0.2) is 0 Å². The van der Waals surface area contributed by atoms with E-state index in [9.17, 15) is 5.11 Å². The molecule has 1 aliphatic carbocycles. The molecule has 0 aromatic carbocycles. The van der Waals surface area contributed by atoms with Crippen molar-refractivity contribution < 1.29 is 5.11 Å². The Labute approximate surface area is 125 Å². The van der Waals surface area contributed by atoms with Crippen LogP contribution in [-0.4, -0.2) is 47.3 Å². The summed E-state index contributed by atoms with van der Waals surface area (Å²) in [6.07, 6.45) is 5.79. The molecule has 3 heteroatoms. The van der Waals surface area contributed by atoms with Crippen molar-refractivity contribution in [3.63, 3.8) is 0 Å². The van der Waals surface area contributed by atoms with Crippen LogP contribution in [0.2, 0.25) is 0 Å². The molecule has 0 aromatic rings. The third-order valence-electron chi connectivity index (χ3n) is 5.82. The van der Waals surface area contributed by atoms with Gasteiger partial charge in [-0.3, -0.25) is 0 Å². The van der Waals surface area contributed by atoms with Crippen LogP contribution in [-0.2, 0) is 0 Å². The second-order valence-electron chi connectivity index (χ2n) is 7.34. The molecule has 0 amide bonds. The quantitative estimate of drug-likeness (QED) is 0.786. The van der Waals surface area contributed by atoms with Crippen LogP contribution in [0.4, 0.5) is 0 Å². The second-order valence-corrected chi connectivity index (χ2v) is 7.34. The lowest BCUT2D eigenvalue weighted by molar-refractivity contribution is -0.00252. The maximum atomic E-state index is 10.5. The van der Waals surface area contributed by atoms with E-state index in [4.69, 9.17) is 0 Å². The summed E-state index contributed by atoms with van der Waals surface area (Å²) in [5.41, 5.74) is -0.510. The Balaban J connectivity index is 1.95. The van der Waals surface area contributed by atoms with Crippen molar-refractivity contribution in [3.05, 3.63) is 0 Å². The zero-order valence-corrected chi connectivity index (χ0v) is 13.9. The zero-order valence-electron chi connectivity index (χ0n) is 13.9. The van der Waals surface area contributed by atoms with Crippen LogP contribution in [0.25, 0.3) is 0 Å². The smallest absolute Gasteiger partial charge is 0.0766 e. The van der Waals surface area contributed by atoms with E-state index in [1.807, 2.05) is 0 Å². The van der Waals surface area contributed by atoms with Gasteiger partial charge in [0.2, 0.25) is 0 Å². The summed E-state index contributed by atoms with van der Waals surface area (Å²) >= 11 is 0. The molecule has 2 unspecified atom stereocenters. The van der Waals surface area contributed by atoms with E-state index in [1.165, 1.54) is 32.4 Å². The van der Waals surface area contributed by atoms with Crippen molar-refractivity contribution in [2.24, 2.45) is 11.8 Å². The minimum Gasteiger partial charge on any atom is -0.389 e. The fraction of sp³-hybridized carbons (Fsp3) is 1.00. The van der Waals surface area contributed by atoms with E-state index in [2.05, 4.69) is 37.9 Å². The number of hydrogen-bond acceptors (Lipinski definition) is 3. The van der Waals surface area contributed by atoms with Crippen LogP contribution in [0, 0.1) is 11.8 Å². The van der Waals surface area contributed by atoms with Gasteiger partial charge in [0.1, 0.15) is 0 Å². The number of rotatable bonds is 6. The van der Waals surface area contributed by atoms with E-state index in [-0.39, 0.29) is 0 Å². The van der Waals surface area contributed by atoms with Gasteiger partial charge in [0.15, 0.2) is 0 Å². The highest BCUT2D eigenvalue weighted by atomic mass is 16.3. The molecule has 1 aliphatic heterocycles. The van der Waals surface area contributed by atoms with E-state index in [0.29, 0.717) is 12.1 Å². The van der Waals surface area contributed by atoms with Crippen LogP contribution >= 0.6 is 0 Å². The minimum atomic E-state index is -0.510. The van der Waals surface area contributed by atoms with Crippen molar-refractivity contribution in [3.8, 4) is 0 Å². The van der Waals surface area contributed by atoms with Crippen molar-refractivity contribution in [2.45, 2.75) is 77.5 Å². The molecular weight excluding hydrogens is 248 g/mol. The third kappa shape index (κ3) is 3.55. The van der Waals surface area contributed by atoms with Crippen molar-refractivity contribution in [1.82, 2.24) is 10.2 Å². The Bertz CT molecular complexity index is 287. The first-order chi connectivity index (χ1) is 9.49. The molecule has 1 heterocycles. The van der Waals surface area contributed by atoms with Crippen LogP contribution < -0.4 is 5.32 Å². The van der Waals surface area contributed by atoms with Gasteiger partial charge in [-0.05, 0) is 51.4 Å². The highest BCUT2D eigenvalue weighted by Crippen LogP contribution is 2.36. The number of nitrogens with one attached hydrogen (secondary N) is 1. The summed E-state index contributed by atoms with van der Waals surface area (Å²) in [5, 5.41) is 14.2. The van der Waals surface area contributed by atoms with Crippen LogP contribution in [0.15, 0.2) is 0 Å². The van der Waals surface area contributed by atoms with Gasteiger partial charge < -0.3 is 15.3 Å². The average Bonchev–Trinajstić information content (AvgIpc) is 2.43. The molecule has 3 nitrogen and oxygen atoms in total. The first kappa shape index (κ1) is 16.3. The largest absolute Gasteiger partial charge is 0.389 e. The second kappa shape index (κ2) is 6.76. The fourth-order valence-electron chi connectivity index (χ4n) is 4.04. The van der Waals surface area contributed by atoms with E-state index < -0.39 is 5.60 Å². The third-order valence-corrected chi connectivity index (χ3v) is 5.82. The highest BCUT2D eigenvalue weighted by Gasteiger charge is 2.40. The van der Waals surface area contributed by atoms with Gasteiger partial charge in [-0.2, -0.15) is 0 Å². The number of nitrogens with zero attached hydrogens (tertiary/aromatic N) is 1. The lowest BCUT2D eigenvalue weighted by Gasteiger charge is -2.49. The topological polar surface area (TPSA) is 35.5 Å². The van der Waals surface area contributed by atoms with E-state index in [0.717, 1.165) is 31.2 Å². The lowest BCUT2D eigenvalue weighted by atomic mass is 9.73. The summed E-state index contributed by atoms with van der Waals surface area (Å²) in [7, 11) is 0. The van der Waals surface area contributed by atoms with Crippen molar-refractivity contribution in [1.29, 1.82) is 0 Å². The van der Waals surface area contributed by atoms with Crippen LogP contribution in [0.5, 0.6) is 0 Å². The maximum absolute atomic E-state index is 10.5. The molecule has 2 atom stereocenters. The number of aliphatic hydroxyl groups is 1. The van der Waals surface area contributed by atoms with E-state index >= 15 is 0 Å². The molecule has 2 aliphatic rings. The Hall–Kier alpha value is -0.120. The van der Waals surface area contributed by atoms with Gasteiger partial charge in [-0.15, -0.1) is 0 Å². The van der Waals surface area contributed by atoms with Crippen LogP contribution in [0.1, 0.15) is 59.8 Å². The predicted molar refractivity (Wildman–Crippen MR) is 84.9 cm³/mol. The zero-order chi connectivity index (χ0) is 14.8. The van der Waals surface area contributed by atoms with Gasteiger partial charge in [-0.1, -0.05) is 20.3 Å². The van der Waals surface area contributed by atoms with Crippen molar-refractivity contribution >= 4 is 0 Å². The van der Waals surface area contributed by atoms with E-state index in [1.54, 1.807) is 0 Å². The monoisotopic (exact) mass is 282 g/mol. The maximum Gasteiger partial charge on any atom is 0.0766 e. The standard InChI is InChI=1S/C17H34N2O/c1-5-17(20,6-2)12-18-16-14-8-7-9-15(16)11-19(10-14)13(3)4/h13-16,18,20H,5-12H2,1-4H3. The normalized spacial score (nSPS) is 31.8. The molecule has 1 saturated heterocycles. The summed E-state index contributed by atoms with van der Waals surface area (Å²) in [5.74, 6) is 1.56. The molecule has 20 heavy (non-hydrogen) atoms.